The highest BCUT2D eigenvalue weighted by molar-refractivity contribution is 9.10. The summed E-state index contributed by atoms with van der Waals surface area (Å²) < 4.78 is 2.24. The van der Waals surface area contributed by atoms with Crippen LogP contribution < -0.4 is 16.6 Å². The van der Waals surface area contributed by atoms with Crippen molar-refractivity contribution in [3.8, 4) is 0 Å². The third-order valence-corrected chi connectivity index (χ3v) is 3.98. The molecule has 1 fully saturated rings. The standard InChI is InChI=1S/C13H21BrN4O/c1-13(2,15)8-16-11-10(14)6-17-18(12(11)19)7-9-4-3-5-9/h6,9,16H,3-5,7-8,15H2,1-2H3. The molecule has 0 saturated heterocycles. The Morgan fingerprint density at radius 3 is 2.79 bits per heavy atom. The van der Waals surface area contributed by atoms with Gasteiger partial charge in [-0.25, -0.2) is 4.68 Å². The molecule has 1 aliphatic carbocycles. The zero-order valence-corrected chi connectivity index (χ0v) is 13.0. The van der Waals surface area contributed by atoms with E-state index >= 15 is 0 Å². The maximum atomic E-state index is 12.3. The highest BCUT2D eigenvalue weighted by Crippen LogP contribution is 2.27. The zero-order chi connectivity index (χ0) is 14.0. The molecule has 6 heteroatoms. The molecule has 0 amide bonds. The van der Waals surface area contributed by atoms with Crippen molar-refractivity contribution in [2.75, 3.05) is 11.9 Å². The number of rotatable bonds is 5. The largest absolute Gasteiger partial charge is 0.378 e. The Kier molecular flexibility index (Phi) is 4.30. The van der Waals surface area contributed by atoms with E-state index in [0.717, 1.165) is 0 Å². The number of nitrogens with zero attached hydrogens (tertiary/aromatic N) is 2. The van der Waals surface area contributed by atoms with E-state index in [0.29, 0.717) is 29.2 Å². The molecule has 0 aliphatic heterocycles. The second-order valence-electron chi connectivity index (χ2n) is 5.99. The topological polar surface area (TPSA) is 72.9 Å². The van der Waals surface area contributed by atoms with Crippen molar-refractivity contribution in [2.45, 2.75) is 45.2 Å². The lowest BCUT2D eigenvalue weighted by atomic mass is 9.85. The molecule has 1 heterocycles. The Hall–Kier alpha value is -0.880. The quantitative estimate of drug-likeness (QED) is 0.866. The summed E-state index contributed by atoms with van der Waals surface area (Å²) in [5.74, 6) is 0.602. The number of halogens is 1. The molecule has 0 atom stereocenters. The van der Waals surface area contributed by atoms with Crippen LogP contribution in [0.15, 0.2) is 15.5 Å². The number of aromatic nitrogens is 2. The van der Waals surface area contributed by atoms with Gasteiger partial charge in [0.15, 0.2) is 0 Å². The van der Waals surface area contributed by atoms with E-state index in [1.165, 1.54) is 19.3 Å². The van der Waals surface area contributed by atoms with Crippen LogP contribution in [0.2, 0.25) is 0 Å². The molecule has 1 aromatic heterocycles. The van der Waals surface area contributed by atoms with Crippen LogP contribution in [-0.4, -0.2) is 21.9 Å². The second kappa shape index (κ2) is 5.63. The van der Waals surface area contributed by atoms with Crippen LogP contribution in [0.4, 0.5) is 5.69 Å². The first kappa shape index (κ1) is 14.5. The van der Waals surface area contributed by atoms with Crippen LogP contribution in [0, 0.1) is 5.92 Å². The average molecular weight is 329 g/mol. The van der Waals surface area contributed by atoms with Crippen molar-refractivity contribution in [2.24, 2.45) is 11.7 Å². The number of hydrogen-bond acceptors (Lipinski definition) is 4. The van der Waals surface area contributed by atoms with Crippen LogP contribution in [0.5, 0.6) is 0 Å². The van der Waals surface area contributed by atoms with Gasteiger partial charge in [-0.2, -0.15) is 5.10 Å². The maximum Gasteiger partial charge on any atom is 0.291 e. The van der Waals surface area contributed by atoms with Gasteiger partial charge >= 0.3 is 0 Å². The molecule has 0 radical (unpaired) electrons. The molecule has 0 aromatic carbocycles. The SMILES string of the molecule is CC(C)(N)CNc1c(Br)cnn(CC2CCC2)c1=O. The molecule has 0 bridgehead atoms. The lowest BCUT2D eigenvalue weighted by Gasteiger charge is -2.25. The fourth-order valence-corrected chi connectivity index (χ4v) is 2.40. The van der Waals surface area contributed by atoms with Gasteiger partial charge in [-0.05, 0) is 48.5 Å². The molecule has 0 unspecified atom stereocenters. The lowest BCUT2D eigenvalue weighted by Crippen LogP contribution is -2.41. The van der Waals surface area contributed by atoms with Crippen LogP contribution in [-0.2, 0) is 6.54 Å². The Balaban J connectivity index is 2.16. The zero-order valence-electron chi connectivity index (χ0n) is 11.4. The lowest BCUT2D eigenvalue weighted by molar-refractivity contribution is 0.262. The van der Waals surface area contributed by atoms with Crippen molar-refractivity contribution < 1.29 is 0 Å². The Morgan fingerprint density at radius 1 is 1.58 bits per heavy atom. The van der Waals surface area contributed by atoms with E-state index in [4.69, 9.17) is 5.73 Å². The van der Waals surface area contributed by atoms with Gasteiger partial charge in [-0.15, -0.1) is 0 Å². The smallest absolute Gasteiger partial charge is 0.291 e. The van der Waals surface area contributed by atoms with Gasteiger partial charge in [-0.1, -0.05) is 6.42 Å². The third kappa shape index (κ3) is 3.79. The molecule has 1 aliphatic rings. The number of hydrogen-bond donors (Lipinski definition) is 2. The van der Waals surface area contributed by atoms with Crippen molar-refractivity contribution in [3.05, 3.63) is 21.0 Å². The first-order chi connectivity index (χ1) is 8.87. The third-order valence-electron chi connectivity index (χ3n) is 3.37. The Bertz CT molecular complexity index is 502. The minimum absolute atomic E-state index is 0.0782. The van der Waals surface area contributed by atoms with E-state index in [2.05, 4.69) is 26.3 Å². The first-order valence-corrected chi connectivity index (χ1v) is 7.44. The van der Waals surface area contributed by atoms with E-state index in [-0.39, 0.29) is 11.1 Å². The van der Waals surface area contributed by atoms with Gasteiger partial charge in [0.1, 0.15) is 5.69 Å². The van der Waals surface area contributed by atoms with Gasteiger partial charge < -0.3 is 11.1 Å². The second-order valence-corrected chi connectivity index (χ2v) is 6.85. The molecule has 106 valence electrons. The number of nitrogens with two attached hydrogens (primary N) is 1. The predicted molar refractivity (Wildman–Crippen MR) is 80.3 cm³/mol. The highest BCUT2D eigenvalue weighted by Gasteiger charge is 2.20. The number of nitrogens with one attached hydrogen (secondary N) is 1. The van der Waals surface area contributed by atoms with E-state index in [9.17, 15) is 4.79 Å². The van der Waals surface area contributed by atoms with Crippen LogP contribution in [0.1, 0.15) is 33.1 Å². The van der Waals surface area contributed by atoms with Crippen molar-refractivity contribution in [1.82, 2.24) is 9.78 Å². The first-order valence-electron chi connectivity index (χ1n) is 6.65. The van der Waals surface area contributed by atoms with Gasteiger partial charge in [0.25, 0.3) is 5.56 Å². The summed E-state index contributed by atoms with van der Waals surface area (Å²) in [7, 11) is 0. The fourth-order valence-electron chi connectivity index (χ4n) is 1.99. The molecule has 5 nitrogen and oxygen atoms in total. The van der Waals surface area contributed by atoms with E-state index in [1.807, 2.05) is 13.8 Å². The summed E-state index contributed by atoms with van der Waals surface area (Å²) in [5, 5.41) is 7.32. The molecule has 1 saturated carbocycles. The van der Waals surface area contributed by atoms with E-state index < -0.39 is 0 Å². The maximum absolute atomic E-state index is 12.3. The summed E-state index contributed by atoms with van der Waals surface area (Å²) in [6.45, 7) is 5.09. The molecular weight excluding hydrogens is 308 g/mol. The summed E-state index contributed by atoms with van der Waals surface area (Å²) >= 11 is 3.37. The fraction of sp³-hybridized carbons (Fsp3) is 0.692. The van der Waals surface area contributed by atoms with Gasteiger partial charge in [-0.3, -0.25) is 4.79 Å². The van der Waals surface area contributed by atoms with E-state index in [1.54, 1.807) is 10.9 Å². The molecule has 3 N–H and O–H groups in total. The van der Waals surface area contributed by atoms with Gasteiger partial charge in [0.2, 0.25) is 0 Å². The van der Waals surface area contributed by atoms with Crippen molar-refractivity contribution >= 4 is 21.6 Å². The van der Waals surface area contributed by atoms with Crippen molar-refractivity contribution in [1.29, 1.82) is 0 Å². The molecule has 2 rings (SSSR count). The Morgan fingerprint density at radius 2 is 2.26 bits per heavy atom. The predicted octanol–water partition coefficient (Wildman–Crippen LogP) is 1.96. The molecule has 19 heavy (non-hydrogen) atoms. The average Bonchev–Trinajstić information content (AvgIpc) is 2.24. The molecule has 1 aromatic rings. The normalized spacial score (nSPS) is 16.2. The van der Waals surface area contributed by atoms with Gasteiger partial charge in [0.05, 0.1) is 10.7 Å². The van der Waals surface area contributed by atoms with Gasteiger partial charge in [0, 0.05) is 18.6 Å². The monoisotopic (exact) mass is 328 g/mol. The Labute approximate surface area is 121 Å². The van der Waals surface area contributed by atoms with Crippen LogP contribution in [0.25, 0.3) is 0 Å². The summed E-state index contributed by atoms with van der Waals surface area (Å²) in [6, 6.07) is 0. The minimum atomic E-state index is -0.367. The minimum Gasteiger partial charge on any atom is -0.378 e. The van der Waals surface area contributed by atoms with Crippen molar-refractivity contribution in [3.63, 3.8) is 0 Å². The summed E-state index contributed by atoms with van der Waals surface area (Å²) in [5.41, 5.74) is 6.03. The summed E-state index contributed by atoms with van der Waals surface area (Å²) in [6.07, 6.45) is 5.33. The summed E-state index contributed by atoms with van der Waals surface area (Å²) in [4.78, 5) is 12.3. The molecule has 0 spiro atoms. The highest BCUT2D eigenvalue weighted by atomic mass is 79.9. The van der Waals surface area contributed by atoms with Crippen LogP contribution in [0.3, 0.4) is 0 Å². The number of anilines is 1. The molecular formula is C13H21BrN4O. The van der Waals surface area contributed by atoms with Crippen LogP contribution >= 0.6 is 15.9 Å².